The Balaban J connectivity index is 1.72. The molecule has 2 rings (SSSR count). The lowest BCUT2D eigenvalue weighted by Crippen LogP contribution is -2.37. The van der Waals surface area contributed by atoms with E-state index < -0.39 is 0 Å². The number of anilines is 1. The van der Waals surface area contributed by atoms with Crippen LogP contribution in [0.15, 0.2) is 24.3 Å². The molecule has 1 unspecified atom stereocenters. The molecular formula is C14H22N2S. The van der Waals surface area contributed by atoms with Gasteiger partial charge in [0.25, 0.3) is 0 Å². The lowest BCUT2D eigenvalue weighted by Gasteiger charge is -2.30. The Bertz CT molecular complexity index is 354. The smallest absolute Gasteiger partial charge is 0.0316 e. The van der Waals surface area contributed by atoms with Gasteiger partial charge < -0.3 is 10.6 Å². The van der Waals surface area contributed by atoms with Gasteiger partial charge in [-0.15, -0.1) is 0 Å². The average Bonchev–Trinajstić information content (AvgIpc) is 2.29. The topological polar surface area (TPSA) is 29.3 Å². The fourth-order valence-corrected chi connectivity index (χ4v) is 3.43. The summed E-state index contributed by atoms with van der Waals surface area (Å²) < 4.78 is 0. The molecule has 0 amide bonds. The van der Waals surface area contributed by atoms with E-state index in [0.717, 1.165) is 17.4 Å². The van der Waals surface area contributed by atoms with Crippen LogP contribution in [-0.2, 0) is 6.42 Å². The molecule has 0 radical (unpaired) electrons. The fraction of sp³-hybridized carbons (Fsp3) is 0.571. The fourth-order valence-electron chi connectivity index (χ4n) is 2.35. The Morgan fingerprint density at radius 2 is 2.35 bits per heavy atom. The van der Waals surface area contributed by atoms with Gasteiger partial charge in [-0.1, -0.05) is 19.1 Å². The van der Waals surface area contributed by atoms with Crippen LogP contribution in [0.4, 0.5) is 5.69 Å². The maximum absolute atomic E-state index is 5.78. The number of rotatable bonds is 4. The number of aryl methyl sites for hydroxylation is 1. The highest BCUT2D eigenvalue weighted by atomic mass is 32.2. The number of hydrogen-bond acceptors (Lipinski definition) is 3. The van der Waals surface area contributed by atoms with Crippen molar-refractivity contribution in [1.82, 2.24) is 4.90 Å². The van der Waals surface area contributed by atoms with Gasteiger partial charge in [-0.2, -0.15) is 11.8 Å². The maximum Gasteiger partial charge on any atom is 0.0316 e. The van der Waals surface area contributed by atoms with E-state index >= 15 is 0 Å². The summed E-state index contributed by atoms with van der Waals surface area (Å²) in [5.41, 5.74) is 8.02. The number of nitrogens with zero attached hydrogens (tertiary/aromatic N) is 1. The van der Waals surface area contributed by atoms with Gasteiger partial charge in [0.1, 0.15) is 0 Å². The minimum absolute atomic E-state index is 0.802. The minimum atomic E-state index is 0.802. The molecule has 1 atom stereocenters. The van der Waals surface area contributed by atoms with Gasteiger partial charge >= 0.3 is 0 Å². The van der Waals surface area contributed by atoms with Gasteiger partial charge in [0.15, 0.2) is 0 Å². The maximum atomic E-state index is 5.78. The molecule has 1 aliphatic heterocycles. The molecule has 0 bridgehead atoms. The van der Waals surface area contributed by atoms with E-state index in [1.54, 1.807) is 0 Å². The summed E-state index contributed by atoms with van der Waals surface area (Å²) in [5, 5.41) is 0.802. The van der Waals surface area contributed by atoms with Crippen LogP contribution >= 0.6 is 11.8 Å². The van der Waals surface area contributed by atoms with Crippen molar-refractivity contribution in [3.05, 3.63) is 29.8 Å². The van der Waals surface area contributed by atoms with Gasteiger partial charge in [-0.05, 0) is 37.1 Å². The second-order valence-electron chi connectivity index (χ2n) is 4.83. The van der Waals surface area contributed by atoms with Crippen LogP contribution in [0, 0.1) is 0 Å². The van der Waals surface area contributed by atoms with Crippen molar-refractivity contribution in [1.29, 1.82) is 0 Å². The highest BCUT2D eigenvalue weighted by Gasteiger charge is 2.15. The van der Waals surface area contributed by atoms with E-state index in [9.17, 15) is 0 Å². The molecule has 1 aromatic carbocycles. The predicted octanol–water partition coefficient (Wildman–Crippen LogP) is 2.64. The first kappa shape index (κ1) is 12.8. The van der Waals surface area contributed by atoms with Crippen molar-refractivity contribution in [2.24, 2.45) is 0 Å². The molecule has 1 aromatic rings. The molecule has 17 heavy (non-hydrogen) atoms. The van der Waals surface area contributed by atoms with Crippen LogP contribution in [0.3, 0.4) is 0 Å². The molecule has 3 heteroatoms. The summed E-state index contributed by atoms with van der Waals surface area (Å²) in [6.07, 6.45) is 2.38. The van der Waals surface area contributed by atoms with Crippen LogP contribution in [0.1, 0.15) is 18.9 Å². The second kappa shape index (κ2) is 6.31. The molecule has 1 heterocycles. The van der Waals surface area contributed by atoms with Crippen molar-refractivity contribution in [2.45, 2.75) is 25.0 Å². The van der Waals surface area contributed by atoms with Gasteiger partial charge in [-0.25, -0.2) is 0 Å². The quantitative estimate of drug-likeness (QED) is 0.833. The van der Waals surface area contributed by atoms with Crippen molar-refractivity contribution in [3.63, 3.8) is 0 Å². The Hall–Kier alpha value is -0.670. The van der Waals surface area contributed by atoms with Crippen LogP contribution in [-0.4, -0.2) is 35.5 Å². The molecule has 2 N–H and O–H groups in total. The number of nitrogens with two attached hydrogens (primary N) is 1. The molecule has 1 saturated heterocycles. The first-order valence-electron chi connectivity index (χ1n) is 6.42. The number of thioether (sulfide) groups is 1. The van der Waals surface area contributed by atoms with E-state index in [-0.39, 0.29) is 0 Å². The van der Waals surface area contributed by atoms with E-state index in [2.05, 4.69) is 35.7 Å². The monoisotopic (exact) mass is 250 g/mol. The molecule has 1 fully saturated rings. The third-order valence-corrected chi connectivity index (χ3v) is 4.35. The third-order valence-electron chi connectivity index (χ3n) is 3.22. The second-order valence-corrected chi connectivity index (χ2v) is 6.38. The Labute approximate surface area is 109 Å². The molecule has 1 aliphatic rings. The highest BCUT2D eigenvalue weighted by molar-refractivity contribution is 7.99. The van der Waals surface area contributed by atoms with E-state index in [0.29, 0.717) is 0 Å². The van der Waals surface area contributed by atoms with Crippen molar-refractivity contribution >= 4 is 17.4 Å². The summed E-state index contributed by atoms with van der Waals surface area (Å²) in [6.45, 7) is 6.06. The Kier molecular flexibility index (Phi) is 4.75. The van der Waals surface area contributed by atoms with E-state index in [4.69, 9.17) is 5.73 Å². The Morgan fingerprint density at radius 1 is 1.47 bits per heavy atom. The standard InChI is InChI=1S/C14H22N2S/c1-12-11-16(8-9-17-12)7-3-5-13-4-2-6-14(15)10-13/h2,4,6,10,12H,3,5,7-9,11,15H2,1H3. The van der Waals surface area contributed by atoms with E-state index in [1.165, 1.54) is 37.4 Å². The highest BCUT2D eigenvalue weighted by Crippen LogP contribution is 2.18. The van der Waals surface area contributed by atoms with Crippen molar-refractivity contribution in [2.75, 3.05) is 31.1 Å². The zero-order chi connectivity index (χ0) is 12.1. The SMILES string of the molecule is CC1CN(CCCc2cccc(N)c2)CCS1. The molecule has 2 nitrogen and oxygen atoms in total. The Morgan fingerprint density at radius 3 is 3.12 bits per heavy atom. The minimum Gasteiger partial charge on any atom is -0.399 e. The molecule has 0 spiro atoms. The molecule has 0 aliphatic carbocycles. The summed E-state index contributed by atoms with van der Waals surface area (Å²) in [5.74, 6) is 1.29. The van der Waals surface area contributed by atoms with Gasteiger partial charge in [0.2, 0.25) is 0 Å². The van der Waals surface area contributed by atoms with Crippen molar-refractivity contribution in [3.8, 4) is 0 Å². The first-order chi connectivity index (χ1) is 8.24. The molecular weight excluding hydrogens is 228 g/mol. The largest absolute Gasteiger partial charge is 0.399 e. The molecule has 0 saturated carbocycles. The van der Waals surface area contributed by atoms with Crippen LogP contribution in [0.5, 0.6) is 0 Å². The predicted molar refractivity (Wildman–Crippen MR) is 77.5 cm³/mol. The van der Waals surface area contributed by atoms with Crippen LogP contribution in [0.25, 0.3) is 0 Å². The van der Waals surface area contributed by atoms with Crippen LogP contribution in [0.2, 0.25) is 0 Å². The third kappa shape index (κ3) is 4.25. The van der Waals surface area contributed by atoms with Crippen molar-refractivity contribution < 1.29 is 0 Å². The number of nitrogen functional groups attached to an aromatic ring is 1. The first-order valence-corrected chi connectivity index (χ1v) is 7.47. The van der Waals surface area contributed by atoms with E-state index in [1.807, 2.05) is 12.1 Å². The summed E-state index contributed by atoms with van der Waals surface area (Å²) in [6, 6.07) is 8.26. The van der Waals surface area contributed by atoms with Gasteiger partial charge in [0, 0.05) is 29.8 Å². The molecule has 0 aromatic heterocycles. The zero-order valence-corrected chi connectivity index (χ0v) is 11.4. The van der Waals surface area contributed by atoms with Crippen LogP contribution < -0.4 is 5.73 Å². The number of benzene rings is 1. The number of hydrogen-bond donors (Lipinski definition) is 1. The summed E-state index contributed by atoms with van der Waals surface area (Å²) in [4.78, 5) is 2.59. The summed E-state index contributed by atoms with van der Waals surface area (Å²) in [7, 11) is 0. The van der Waals surface area contributed by atoms with Gasteiger partial charge in [-0.3, -0.25) is 0 Å². The van der Waals surface area contributed by atoms with Gasteiger partial charge in [0.05, 0.1) is 0 Å². The lowest BCUT2D eigenvalue weighted by molar-refractivity contribution is 0.283. The summed E-state index contributed by atoms with van der Waals surface area (Å²) >= 11 is 2.10. The average molecular weight is 250 g/mol. The normalized spacial score (nSPS) is 21.6. The lowest BCUT2D eigenvalue weighted by atomic mass is 10.1. The zero-order valence-electron chi connectivity index (χ0n) is 10.6. The molecule has 94 valence electrons.